The minimum absolute atomic E-state index is 0. The van der Waals surface area contributed by atoms with Gasteiger partial charge in [0.05, 0.1) is 6.61 Å². The summed E-state index contributed by atoms with van der Waals surface area (Å²) in [6, 6.07) is 0. The van der Waals surface area contributed by atoms with E-state index >= 15 is 0 Å². The lowest BCUT2D eigenvalue weighted by atomic mass is 9.97. The number of nitrogens with one attached hydrogen (secondary N) is 2. The van der Waals surface area contributed by atoms with E-state index in [-0.39, 0.29) is 24.0 Å². The normalized spacial score (nSPS) is 15.3. The van der Waals surface area contributed by atoms with Crippen molar-refractivity contribution in [2.24, 2.45) is 4.99 Å². The number of aliphatic imine (C=N–C) groups is 1. The Morgan fingerprint density at radius 2 is 2.05 bits per heavy atom. The number of guanidine groups is 1. The van der Waals surface area contributed by atoms with Gasteiger partial charge in [-0.25, -0.2) is 0 Å². The predicted octanol–water partition coefficient (Wildman–Crippen LogP) is 2.24. The molecule has 0 aromatic heterocycles. The number of halogens is 1. The molecule has 0 saturated heterocycles. The van der Waals surface area contributed by atoms with Crippen LogP contribution in [0.5, 0.6) is 0 Å². The molecule has 22 heavy (non-hydrogen) atoms. The van der Waals surface area contributed by atoms with Crippen molar-refractivity contribution in [3.8, 4) is 0 Å². The first kappa shape index (κ1) is 21.7. The molecule has 0 spiro atoms. The molecule has 0 aromatic rings. The summed E-state index contributed by atoms with van der Waals surface area (Å²) in [5.74, 6) is 0.895. The molecular formula is C16H33IN4O. The van der Waals surface area contributed by atoms with E-state index in [4.69, 9.17) is 4.74 Å². The van der Waals surface area contributed by atoms with Crippen LogP contribution in [-0.4, -0.2) is 64.9 Å². The second-order valence-corrected chi connectivity index (χ2v) is 5.58. The first-order valence-corrected chi connectivity index (χ1v) is 8.06. The molecule has 1 rings (SSSR count). The lowest BCUT2D eigenvalue weighted by molar-refractivity contribution is 0.162. The third-order valence-corrected chi connectivity index (χ3v) is 3.81. The van der Waals surface area contributed by atoms with E-state index in [1.165, 1.54) is 25.7 Å². The lowest BCUT2D eigenvalue weighted by Crippen LogP contribution is -2.41. The third-order valence-electron chi connectivity index (χ3n) is 3.81. The van der Waals surface area contributed by atoms with Crippen LogP contribution < -0.4 is 10.6 Å². The second kappa shape index (κ2) is 14.3. The smallest absolute Gasteiger partial charge is 0.191 e. The number of likely N-dealkylation sites (N-methyl/N-ethyl adjacent to an activating group) is 1. The molecule has 0 bridgehead atoms. The van der Waals surface area contributed by atoms with E-state index < -0.39 is 0 Å². The molecule has 130 valence electrons. The molecule has 6 heteroatoms. The summed E-state index contributed by atoms with van der Waals surface area (Å²) in [4.78, 5) is 6.51. The van der Waals surface area contributed by atoms with Crippen LogP contribution in [0.1, 0.15) is 32.1 Å². The molecule has 0 atom stereocenters. The largest absolute Gasteiger partial charge is 0.383 e. The summed E-state index contributed by atoms with van der Waals surface area (Å²) in [7, 11) is 5.66. The van der Waals surface area contributed by atoms with Crippen LogP contribution in [0.15, 0.2) is 16.6 Å². The van der Waals surface area contributed by atoms with Crippen molar-refractivity contribution in [2.75, 3.05) is 54.0 Å². The van der Waals surface area contributed by atoms with E-state index in [9.17, 15) is 0 Å². The van der Waals surface area contributed by atoms with Crippen LogP contribution in [0.25, 0.3) is 0 Å². The molecule has 0 radical (unpaired) electrons. The number of rotatable bonds is 9. The van der Waals surface area contributed by atoms with Crippen molar-refractivity contribution < 1.29 is 4.74 Å². The number of hydrogen-bond donors (Lipinski definition) is 2. The van der Waals surface area contributed by atoms with E-state index in [1.54, 1.807) is 12.7 Å². The van der Waals surface area contributed by atoms with Gasteiger partial charge >= 0.3 is 0 Å². The zero-order valence-electron chi connectivity index (χ0n) is 14.4. The number of methoxy groups -OCH3 is 1. The monoisotopic (exact) mass is 424 g/mol. The molecule has 0 fully saturated rings. The van der Waals surface area contributed by atoms with Crippen molar-refractivity contribution in [3.05, 3.63) is 11.6 Å². The number of allylic oxidation sites excluding steroid dienone is 1. The lowest BCUT2D eigenvalue weighted by Gasteiger charge is -2.18. The Bertz CT molecular complexity index is 334. The molecule has 0 aromatic carbocycles. The molecule has 0 aliphatic heterocycles. The quantitative estimate of drug-likeness (QED) is 0.258. The maximum Gasteiger partial charge on any atom is 0.191 e. The van der Waals surface area contributed by atoms with Crippen LogP contribution in [0.3, 0.4) is 0 Å². The first-order chi connectivity index (χ1) is 10.3. The molecule has 0 saturated carbocycles. The Morgan fingerprint density at radius 3 is 2.68 bits per heavy atom. The predicted molar refractivity (Wildman–Crippen MR) is 105 cm³/mol. The Morgan fingerprint density at radius 1 is 1.27 bits per heavy atom. The van der Waals surface area contributed by atoms with Crippen LogP contribution in [0, 0.1) is 0 Å². The minimum Gasteiger partial charge on any atom is -0.383 e. The molecule has 1 aliphatic rings. The van der Waals surface area contributed by atoms with Gasteiger partial charge in [0.15, 0.2) is 5.96 Å². The fourth-order valence-corrected chi connectivity index (χ4v) is 2.42. The van der Waals surface area contributed by atoms with Gasteiger partial charge in [-0.2, -0.15) is 0 Å². The zero-order valence-corrected chi connectivity index (χ0v) is 16.7. The van der Waals surface area contributed by atoms with Crippen LogP contribution >= 0.6 is 24.0 Å². The Kier molecular flexibility index (Phi) is 14.0. The highest BCUT2D eigenvalue weighted by molar-refractivity contribution is 14.0. The standard InChI is InChI=1S/C16H32N4O.HI/c1-17-16(19-11-12-20(2)13-14-21-3)18-10-9-15-7-5-4-6-8-15;/h7H,4-6,8-14H2,1-3H3,(H2,17,18,19);1H. The van der Waals surface area contributed by atoms with Crippen molar-refractivity contribution in [1.82, 2.24) is 15.5 Å². The van der Waals surface area contributed by atoms with Gasteiger partial charge in [-0.1, -0.05) is 11.6 Å². The Labute approximate surface area is 153 Å². The fraction of sp³-hybridized carbons (Fsp3) is 0.812. The second-order valence-electron chi connectivity index (χ2n) is 5.58. The first-order valence-electron chi connectivity index (χ1n) is 8.06. The highest BCUT2D eigenvalue weighted by Gasteiger charge is 2.04. The van der Waals surface area contributed by atoms with Gasteiger partial charge < -0.3 is 20.3 Å². The van der Waals surface area contributed by atoms with Crippen molar-refractivity contribution in [2.45, 2.75) is 32.1 Å². The highest BCUT2D eigenvalue weighted by Crippen LogP contribution is 2.19. The molecule has 0 amide bonds. The van der Waals surface area contributed by atoms with Gasteiger partial charge in [0.2, 0.25) is 0 Å². The van der Waals surface area contributed by atoms with Crippen LogP contribution in [-0.2, 0) is 4.74 Å². The van der Waals surface area contributed by atoms with Gasteiger partial charge in [-0.15, -0.1) is 24.0 Å². The number of ether oxygens (including phenoxy) is 1. The Hall–Kier alpha value is -0.340. The number of nitrogens with zero attached hydrogens (tertiary/aromatic N) is 2. The summed E-state index contributed by atoms with van der Waals surface area (Å²) in [6.07, 6.45) is 8.79. The average molecular weight is 424 g/mol. The van der Waals surface area contributed by atoms with Crippen LogP contribution in [0.2, 0.25) is 0 Å². The summed E-state index contributed by atoms with van der Waals surface area (Å²) in [5.41, 5.74) is 1.60. The summed E-state index contributed by atoms with van der Waals surface area (Å²) in [5, 5.41) is 6.74. The minimum atomic E-state index is 0. The van der Waals surface area contributed by atoms with Gasteiger partial charge in [0, 0.05) is 40.3 Å². The topological polar surface area (TPSA) is 48.9 Å². The average Bonchev–Trinajstić information content (AvgIpc) is 2.52. The SMILES string of the molecule is CN=C(NCCC1=CCCCC1)NCCN(C)CCOC.I. The van der Waals surface area contributed by atoms with Gasteiger partial charge in [0.1, 0.15) is 0 Å². The Balaban J connectivity index is 0.00000441. The summed E-state index contributed by atoms with van der Waals surface area (Å²) in [6.45, 7) is 4.57. The van der Waals surface area contributed by atoms with Crippen molar-refractivity contribution in [3.63, 3.8) is 0 Å². The molecule has 1 aliphatic carbocycles. The van der Waals surface area contributed by atoms with Gasteiger partial charge in [-0.3, -0.25) is 4.99 Å². The number of hydrogen-bond acceptors (Lipinski definition) is 3. The third kappa shape index (κ3) is 10.4. The highest BCUT2D eigenvalue weighted by atomic mass is 127. The van der Waals surface area contributed by atoms with E-state index in [0.29, 0.717) is 0 Å². The molecular weight excluding hydrogens is 391 g/mol. The van der Waals surface area contributed by atoms with Gasteiger partial charge in [-0.05, 0) is 39.2 Å². The summed E-state index contributed by atoms with van der Waals surface area (Å²) < 4.78 is 5.07. The fourth-order valence-electron chi connectivity index (χ4n) is 2.42. The van der Waals surface area contributed by atoms with E-state index in [0.717, 1.165) is 45.2 Å². The van der Waals surface area contributed by atoms with Crippen molar-refractivity contribution >= 4 is 29.9 Å². The maximum atomic E-state index is 5.07. The van der Waals surface area contributed by atoms with Crippen molar-refractivity contribution in [1.29, 1.82) is 0 Å². The molecule has 0 unspecified atom stereocenters. The summed E-state index contributed by atoms with van der Waals surface area (Å²) >= 11 is 0. The van der Waals surface area contributed by atoms with E-state index in [2.05, 4.69) is 33.6 Å². The molecule has 2 N–H and O–H groups in total. The van der Waals surface area contributed by atoms with Crippen LogP contribution in [0.4, 0.5) is 0 Å². The maximum absolute atomic E-state index is 5.07. The van der Waals surface area contributed by atoms with Gasteiger partial charge in [0.25, 0.3) is 0 Å². The van der Waals surface area contributed by atoms with E-state index in [1.807, 2.05) is 7.05 Å². The molecule has 0 heterocycles. The molecule has 5 nitrogen and oxygen atoms in total. The zero-order chi connectivity index (χ0) is 15.3.